The highest BCUT2D eigenvalue weighted by Crippen LogP contribution is 1.97. The Kier molecular flexibility index (Phi) is 3.79. The minimum atomic E-state index is -0.365. The number of carbonyl (C=O) groups is 1. The molecular weight excluding hydrogens is 180 g/mol. The van der Waals surface area contributed by atoms with Crippen molar-refractivity contribution in [3.05, 3.63) is 29.9 Å². The van der Waals surface area contributed by atoms with E-state index in [0.717, 1.165) is 5.69 Å². The monoisotopic (exact) mass is 192 g/mol. The van der Waals surface area contributed by atoms with Gasteiger partial charge in [0.05, 0.1) is 24.2 Å². The molecule has 0 unspecified atom stereocenters. The van der Waals surface area contributed by atoms with Crippen molar-refractivity contribution in [3.63, 3.8) is 0 Å². The zero-order chi connectivity index (χ0) is 10.4. The quantitative estimate of drug-likeness (QED) is 0.536. The third kappa shape index (κ3) is 3.35. The van der Waals surface area contributed by atoms with Crippen LogP contribution in [0.3, 0.4) is 0 Å². The van der Waals surface area contributed by atoms with Crippen molar-refractivity contribution in [2.45, 2.75) is 13.8 Å². The van der Waals surface area contributed by atoms with Crippen LogP contribution in [0.4, 0.5) is 0 Å². The molecule has 0 fully saturated rings. The Hall–Kier alpha value is -1.71. The first-order valence-corrected chi connectivity index (χ1v) is 4.36. The molecule has 4 nitrogen and oxygen atoms in total. The van der Waals surface area contributed by atoms with E-state index in [4.69, 9.17) is 4.74 Å². The molecule has 0 saturated heterocycles. The van der Waals surface area contributed by atoms with Gasteiger partial charge in [0.15, 0.2) is 0 Å². The van der Waals surface area contributed by atoms with Gasteiger partial charge in [-0.25, -0.2) is 4.79 Å². The molecule has 0 bridgehead atoms. The van der Waals surface area contributed by atoms with E-state index >= 15 is 0 Å². The first kappa shape index (κ1) is 10.4. The molecule has 0 spiro atoms. The molecule has 0 atom stereocenters. The summed E-state index contributed by atoms with van der Waals surface area (Å²) in [5.41, 5.74) is 1.47. The molecule has 0 amide bonds. The van der Waals surface area contributed by atoms with Gasteiger partial charge in [-0.15, -0.1) is 0 Å². The summed E-state index contributed by atoms with van der Waals surface area (Å²) in [5.74, 6) is -0.365. The number of hydrogen-bond donors (Lipinski definition) is 0. The van der Waals surface area contributed by atoms with Gasteiger partial charge in [0.1, 0.15) is 0 Å². The van der Waals surface area contributed by atoms with Crippen molar-refractivity contribution in [2.75, 3.05) is 6.61 Å². The van der Waals surface area contributed by atoms with Gasteiger partial charge in [-0.05, 0) is 19.9 Å². The highest BCUT2D eigenvalue weighted by molar-refractivity contribution is 5.86. The third-order valence-electron chi connectivity index (χ3n) is 1.45. The molecule has 0 aromatic carbocycles. The van der Waals surface area contributed by atoms with Gasteiger partial charge in [-0.2, -0.15) is 0 Å². The molecule has 1 aromatic rings. The van der Waals surface area contributed by atoms with Gasteiger partial charge >= 0.3 is 5.97 Å². The number of nitrogens with zero attached hydrogens (tertiary/aromatic N) is 2. The summed E-state index contributed by atoms with van der Waals surface area (Å²) in [6.07, 6.45) is 6.16. The number of rotatable bonds is 3. The number of ether oxygens (including phenoxy) is 1. The van der Waals surface area contributed by atoms with E-state index in [0.29, 0.717) is 12.3 Å². The number of aryl methyl sites for hydroxylation is 1. The Labute approximate surface area is 82.6 Å². The predicted molar refractivity (Wildman–Crippen MR) is 52.4 cm³/mol. The summed E-state index contributed by atoms with van der Waals surface area (Å²) >= 11 is 0. The Morgan fingerprint density at radius 1 is 1.57 bits per heavy atom. The van der Waals surface area contributed by atoms with E-state index in [2.05, 4.69) is 9.97 Å². The Morgan fingerprint density at radius 3 is 3.00 bits per heavy atom. The van der Waals surface area contributed by atoms with Gasteiger partial charge < -0.3 is 4.74 Å². The van der Waals surface area contributed by atoms with Crippen LogP contribution in [0, 0.1) is 6.92 Å². The number of hydrogen-bond acceptors (Lipinski definition) is 4. The van der Waals surface area contributed by atoms with Crippen molar-refractivity contribution < 1.29 is 9.53 Å². The fourth-order valence-corrected chi connectivity index (χ4v) is 0.907. The Morgan fingerprint density at radius 2 is 2.36 bits per heavy atom. The molecule has 0 saturated carbocycles. The number of aromatic nitrogens is 2. The van der Waals surface area contributed by atoms with E-state index in [1.807, 2.05) is 6.92 Å². The predicted octanol–water partition coefficient (Wildman–Crippen LogP) is 1.36. The van der Waals surface area contributed by atoms with Crippen molar-refractivity contribution >= 4 is 12.0 Å². The van der Waals surface area contributed by atoms with Gasteiger partial charge in [-0.3, -0.25) is 9.97 Å². The molecule has 0 aliphatic heterocycles. The molecule has 0 radical (unpaired) electrons. The molecular formula is C10H12N2O2. The number of esters is 1. The average Bonchev–Trinajstić information content (AvgIpc) is 2.15. The maximum absolute atomic E-state index is 10.9. The van der Waals surface area contributed by atoms with E-state index in [9.17, 15) is 4.79 Å². The zero-order valence-corrected chi connectivity index (χ0v) is 8.23. The van der Waals surface area contributed by atoms with E-state index in [1.54, 1.807) is 25.4 Å². The van der Waals surface area contributed by atoms with Crippen molar-refractivity contribution in [1.29, 1.82) is 0 Å². The van der Waals surface area contributed by atoms with E-state index in [-0.39, 0.29) is 5.97 Å². The van der Waals surface area contributed by atoms with Gasteiger partial charge in [0.2, 0.25) is 0 Å². The molecule has 4 heteroatoms. The maximum Gasteiger partial charge on any atom is 0.330 e. The van der Waals surface area contributed by atoms with Crippen molar-refractivity contribution in [2.24, 2.45) is 0 Å². The largest absolute Gasteiger partial charge is 0.463 e. The third-order valence-corrected chi connectivity index (χ3v) is 1.45. The fourth-order valence-electron chi connectivity index (χ4n) is 0.907. The first-order chi connectivity index (χ1) is 6.72. The lowest BCUT2D eigenvalue weighted by Crippen LogP contribution is -1.99. The summed E-state index contributed by atoms with van der Waals surface area (Å²) in [6, 6.07) is 0. The van der Waals surface area contributed by atoms with Crippen molar-refractivity contribution in [3.8, 4) is 0 Å². The summed E-state index contributed by atoms with van der Waals surface area (Å²) < 4.78 is 4.72. The molecule has 74 valence electrons. The molecule has 0 aliphatic carbocycles. The number of carbonyl (C=O) groups excluding carboxylic acids is 1. The normalized spacial score (nSPS) is 10.4. The van der Waals surface area contributed by atoms with Crippen LogP contribution in [0.2, 0.25) is 0 Å². The molecule has 14 heavy (non-hydrogen) atoms. The Balaban J connectivity index is 2.64. The topological polar surface area (TPSA) is 52.1 Å². The van der Waals surface area contributed by atoms with Crippen LogP contribution in [-0.2, 0) is 9.53 Å². The van der Waals surface area contributed by atoms with Crippen LogP contribution in [0.25, 0.3) is 6.08 Å². The Bertz CT molecular complexity index is 348. The van der Waals surface area contributed by atoms with Crippen LogP contribution in [0.1, 0.15) is 18.3 Å². The lowest BCUT2D eigenvalue weighted by molar-refractivity contribution is -0.137. The molecule has 0 aliphatic rings. The summed E-state index contributed by atoms with van der Waals surface area (Å²) in [7, 11) is 0. The molecule has 1 heterocycles. The second kappa shape index (κ2) is 5.11. The lowest BCUT2D eigenvalue weighted by Gasteiger charge is -1.95. The SMILES string of the molecule is CCOC(=O)C=Cc1cncc(C)n1. The first-order valence-electron chi connectivity index (χ1n) is 4.36. The van der Waals surface area contributed by atoms with Crippen LogP contribution >= 0.6 is 0 Å². The fraction of sp³-hybridized carbons (Fsp3) is 0.300. The summed E-state index contributed by atoms with van der Waals surface area (Å²) in [6.45, 7) is 3.98. The van der Waals surface area contributed by atoms with Crippen LogP contribution < -0.4 is 0 Å². The summed E-state index contributed by atoms with van der Waals surface area (Å²) in [5, 5.41) is 0. The zero-order valence-electron chi connectivity index (χ0n) is 8.23. The second-order valence-corrected chi connectivity index (χ2v) is 2.67. The smallest absolute Gasteiger partial charge is 0.330 e. The highest BCUT2D eigenvalue weighted by Gasteiger charge is 1.94. The highest BCUT2D eigenvalue weighted by atomic mass is 16.5. The van der Waals surface area contributed by atoms with Gasteiger partial charge in [-0.1, -0.05) is 0 Å². The molecule has 0 N–H and O–H groups in total. The average molecular weight is 192 g/mol. The second-order valence-electron chi connectivity index (χ2n) is 2.67. The summed E-state index contributed by atoms with van der Waals surface area (Å²) in [4.78, 5) is 19.0. The maximum atomic E-state index is 10.9. The van der Waals surface area contributed by atoms with Gasteiger partial charge in [0, 0.05) is 12.3 Å². The van der Waals surface area contributed by atoms with E-state index < -0.39 is 0 Å². The van der Waals surface area contributed by atoms with Crippen LogP contribution in [0.15, 0.2) is 18.5 Å². The molecule has 1 aromatic heterocycles. The van der Waals surface area contributed by atoms with E-state index in [1.165, 1.54) is 6.08 Å². The van der Waals surface area contributed by atoms with Crippen LogP contribution in [0.5, 0.6) is 0 Å². The lowest BCUT2D eigenvalue weighted by atomic mass is 10.3. The minimum absolute atomic E-state index is 0.365. The van der Waals surface area contributed by atoms with Crippen LogP contribution in [-0.4, -0.2) is 22.5 Å². The van der Waals surface area contributed by atoms with Gasteiger partial charge in [0.25, 0.3) is 0 Å². The van der Waals surface area contributed by atoms with Crippen molar-refractivity contribution in [1.82, 2.24) is 9.97 Å². The molecule has 1 rings (SSSR count). The minimum Gasteiger partial charge on any atom is -0.463 e. The standard InChI is InChI=1S/C10H12N2O2/c1-3-14-10(13)5-4-9-7-11-6-8(2)12-9/h4-7H,3H2,1-2H3.